The van der Waals surface area contributed by atoms with Crippen LogP contribution in [0, 0.1) is 0 Å². The fraction of sp³-hybridized carbons (Fsp3) is 0.768. The van der Waals surface area contributed by atoms with Gasteiger partial charge in [-0.1, -0.05) is 336 Å². The first-order valence-electron chi connectivity index (χ1n) is 38.4. The molecule has 0 radical (unpaired) electrons. The zero-order valence-electron chi connectivity index (χ0n) is 60.2. The Bertz CT molecular complexity index is 1820. The van der Waals surface area contributed by atoms with Gasteiger partial charge in [0.2, 0.25) is 0 Å². The Morgan fingerprint density at radius 3 is 0.956 bits per heavy atom. The molecule has 0 bridgehead atoms. The number of ether oxygens (including phenoxy) is 4. The van der Waals surface area contributed by atoms with E-state index in [1.165, 1.54) is 231 Å². The molecule has 0 saturated carbocycles. The van der Waals surface area contributed by atoms with Gasteiger partial charge in [0.25, 0.3) is 6.29 Å². The monoisotopic (exact) mass is 1270 g/mol. The SMILES string of the molecule is CC/C=C\C/C=C\C/C=C\C/C=C\C/C=C\C/C=C\C/C=C\CCCCCC(=O)OC(COC(=O)CCCCCCCCCCCCCCCCCCCCCCCCCCCCCCC/C=C\CCCCCCCCCC)COC(OCC[N+](C)(C)C)C(=O)O. The molecule has 0 aliphatic heterocycles. The first kappa shape index (κ1) is 87.2. The molecule has 2 atom stereocenters. The molecule has 0 spiro atoms. The van der Waals surface area contributed by atoms with E-state index >= 15 is 0 Å². The lowest BCUT2D eigenvalue weighted by molar-refractivity contribution is -0.870. The quantitative estimate of drug-likeness (QED) is 0.0211. The normalized spacial score (nSPS) is 13.2. The van der Waals surface area contributed by atoms with E-state index in [-0.39, 0.29) is 32.2 Å². The molecule has 0 aromatic rings. The van der Waals surface area contributed by atoms with Crippen molar-refractivity contribution in [3.8, 4) is 0 Å². The summed E-state index contributed by atoms with van der Waals surface area (Å²) in [4.78, 5) is 37.6. The molecule has 9 heteroatoms. The molecule has 0 amide bonds. The van der Waals surface area contributed by atoms with Crippen LogP contribution in [-0.2, 0) is 33.3 Å². The van der Waals surface area contributed by atoms with Crippen LogP contribution < -0.4 is 0 Å². The maximum atomic E-state index is 12.9. The summed E-state index contributed by atoms with van der Waals surface area (Å²) in [5.41, 5.74) is 0. The number of carboxylic acids is 1. The number of carbonyl (C=O) groups is 3. The highest BCUT2D eigenvalue weighted by molar-refractivity contribution is 5.71. The summed E-state index contributed by atoms with van der Waals surface area (Å²) >= 11 is 0. The molecule has 91 heavy (non-hydrogen) atoms. The summed E-state index contributed by atoms with van der Waals surface area (Å²) in [5.74, 6) is -2.04. The van der Waals surface area contributed by atoms with Gasteiger partial charge in [0, 0.05) is 12.8 Å². The van der Waals surface area contributed by atoms with Crippen molar-refractivity contribution in [3.05, 3.63) is 97.2 Å². The predicted molar refractivity (Wildman–Crippen MR) is 392 cm³/mol. The number of hydrogen-bond acceptors (Lipinski definition) is 7. The van der Waals surface area contributed by atoms with Crippen LogP contribution in [0.2, 0.25) is 0 Å². The number of esters is 2. The van der Waals surface area contributed by atoms with Crippen LogP contribution in [0.4, 0.5) is 0 Å². The molecule has 2 unspecified atom stereocenters. The van der Waals surface area contributed by atoms with E-state index in [0.717, 1.165) is 83.5 Å². The maximum absolute atomic E-state index is 12.9. The lowest BCUT2D eigenvalue weighted by atomic mass is 10.0. The summed E-state index contributed by atoms with van der Waals surface area (Å²) < 4.78 is 23.0. The Morgan fingerprint density at radius 2 is 0.626 bits per heavy atom. The van der Waals surface area contributed by atoms with Crippen molar-refractivity contribution in [1.82, 2.24) is 0 Å². The van der Waals surface area contributed by atoms with Crippen LogP contribution in [0.1, 0.15) is 348 Å². The Hall–Kier alpha value is -3.79. The van der Waals surface area contributed by atoms with E-state index in [2.05, 4.69) is 111 Å². The van der Waals surface area contributed by atoms with Crippen LogP contribution in [-0.4, -0.2) is 87.4 Å². The maximum Gasteiger partial charge on any atom is 0.361 e. The molecule has 0 fully saturated rings. The number of unbranched alkanes of at least 4 members (excludes halogenated alkanes) is 40. The van der Waals surface area contributed by atoms with Gasteiger partial charge in [-0.3, -0.25) is 9.59 Å². The van der Waals surface area contributed by atoms with Crippen molar-refractivity contribution in [1.29, 1.82) is 0 Å². The predicted octanol–water partition coefficient (Wildman–Crippen LogP) is 24.4. The van der Waals surface area contributed by atoms with Crippen LogP contribution in [0.3, 0.4) is 0 Å². The molecule has 0 aliphatic carbocycles. The van der Waals surface area contributed by atoms with Gasteiger partial charge in [0.15, 0.2) is 6.10 Å². The number of likely N-dealkylation sites (N-methyl/N-ethyl adjacent to an activating group) is 1. The molecule has 0 saturated heterocycles. The van der Waals surface area contributed by atoms with E-state index in [1.54, 1.807) is 0 Å². The Morgan fingerprint density at radius 1 is 0.341 bits per heavy atom. The highest BCUT2D eigenvalue weighted by Crippen LogP contribution is 2.19. The number of quaternary nitrogens is 1. The largest absolute Gasteiger partial charge is 0.477 e. The average molecular weight is 1270 g/mol. The van der Waals surface area contributed by atoms with Crippen molar-refractivity contribution in [2.75, 3.05) is 47.5 Å². The fourth-order valence-electron chi connectivity index (χ4n) is 11.0. The second-order valence-electron chi connectivity index (χ2n) is 26.9. The second-order valence-corrected chi connectivity index (χ2v) is 26.9. The van der Waals surface area contributed by atoms with Crippen molar-refractivity contribution < 1.29 is 42.9 Å². The lowest BCUT2D eigenvalue weighted by Gasteiger charge is -2.25. The van der Waals surface area contributed by atoms with E-state index in [9.17, 15) is 19.5 Å². The van der Waals surface area contributed by atoms with E-state index in [0.29, 0.717) is 23.9 Å². The van der Waals surface area contributed by atoms with Crippen molar-refractivity contribution in [3.63, 3.8) is 0 Å². The van der Waals surface area contributed by atoms with Gasteiger partial charge in [-0.25, -0.2) is 4.79 Å². The summed E-state index contributed by atoms with van der Waals surface area (Å²) in [7, 11) is 5.97. The van der Waals surface area contributed by atoms with Gasteiger partial charge < -0.3 is 28.5 Å². The van der Waals surface area contributed by atoms with Crippen LogP contribution in [0.5, 0.6) is 0 Å². The van der Waals surface area contributed by atoms with Crippen LogP contribution >= 0.6 is 0 Å². The van der Waals surface area contributed by atoms with Crippen molar-refractivity contribution in [2.45, 2.75) is 360 Å². The summed E-state index contributed by atoms with van der Waals surface area (Å²) in [6, 6.07) is 0. The zero-order valence-corrected chi connectivity index (χ0v) is 60.2. The molecule has 0 aliphatic rings. The third kappa shape index (κ3) is 73.5. The Labute approximate surface area is 562 Å². The van der Waals surface area contributed by atoms with Crippen molar-refractivity contribution >= 4 is 17.9 Å². The van der Waals surface area contributed by atoms with Crippen molar-refractivity contribution in [2.24, 2.45) is 0 Å². The van der Waals surface area contributed by atoms with Crippen LogP contribution in [0.15, 0.2) is 97.2 Å². The molecular formula is C82H146NO8+. The fourth-order valence-corrected chi connectivity index (χ4v) is 11.0. The minimum absolute atomic E-state index is 0.177. The highest BCUT2D eigenvalue weighted by atomic mass is 16.7. The first-order valence-corrected chi connectivity index (χ1v) is 38.4. The molecular weight excluding hydrogens is 1130 g/mol. The highest BCUT2D eigenvalue weighted by Gasteiger charge is 2.25. The molecule has 526 valence electrons. The minimum atomic E-state index is -1.53. The third-order valence-electron chi connectivity index (χ3n) is 16.8. The molecule has 9 nitrogen and oxygen atoms in total. The third-order valence-corrected chi connectivity index (χ3v) is 16.8. The topological polar surface area (TPSA) is 108 Å². The number of nitrogens with zero attached hydrogens (tertiary/aromatic N) is 1. The van der Waals surface area contributed by atoms with Gasteiger partial charge in [-0.2, -0.15) is 0 Å². The van der Waals surface area contributed by atoms with Gasteiger partial charge in [-0.15, -0.1) is 0 Å². The smallest absolute Gasteiger partial charge is 0.361 e. The summed E-state index contributed by atoms with van der Waals surface area (Å²) in [5, 5.41) is 9.75. The number of rotatable bonds is 71. The Kier molecular flexibility index (Phi) is 69.0. The standard InChI is InChI=1S/C82H145NO8/c1-6-8-10-12-14-16-18-20-22-24-26-28-30-32-33-34-35-36-37-38-39-40-41-42-43-44-45-46-47-49-50-52-54-56-58-60-62-64-66-68-70-72-79(84)89-76-78(77-90-82(81(86)87)88-75-74-83(3,4)5)91-80(85)73-71-69-67-65-63-61-59-57-55-53-51-48-31-29-27-25-23-21-19-17-15-13-11-9-7-2/h9,11,15,17,21,23-24,26-27,29,48,51,55,57,61,63,78,82H,6-8,10,12-14,16,18-20,22,25,28,30-47,49-50,52-54,56,58-60,62,64-77H2,1-5H3/p+1/b11-9-,17-15-,23-21-,26-24-,29-27-,51-48-,57-55-,63-61-. The first-order chi connectivity index (χ1) is 44.6. The van der Waals surface area contributed by atoms with E-state index in [1.807, 2.05) is 21.1 Å². The van der Waals surface area contributed by atoms with Gasteiger partial charge >= 0.3 is 17.9 Å². The van der Waals surface area contributed by atoms with E-state index in [4.69, 9.17) is 18.9 Å². The average Bonchev–Trinajstić information content (AvgIpc) is 3.46. The zero-order chi connectivity index (χ0) is 66.1. The molecule has 0 heterocycles. The molecule has 0 aromatic heterocycles. The van der Waals surface area contributed by atoms with E-state index < -0.39 is 24.3 Å². The minimum Gasteiger partial charge on any atom is -0.477 e. The number of aliphatic carboxylic acids is 1. The number of hydrogen-bond donors (Lipinski definition) is 1. The summed E-state index contributed by atoms with van der Waals surface area (Å²) in [6.45, 7) is 4.75. The molecule has 0 aromatic carbocycles. The van der Waals surface area contributed by atoms with Gasteiger partial charge in [0.05, 0.1) is 34.4 Å². The lowest BCUT2D eigenvalue weighted by Crippen LogP contribution is -2.40. The molecule has 0 rings (SSSR count). The van der Waals surface area contributed by atoms with Gasteiger partial charge in [0.1, 0.15) is 13.2 Å². The number of allylic oxidation sites excluding steroid dienone is 16. The Balaban J connectivity index is 4.01. The second kappa shape index (κ2) is 72.0. The van der Waals surface area contributed by atoms with Crippen LogP contribution in [0.25, 0.3) is 0 Å². The number of carbonyl (C=O) groups excluding carboxylic acids is 2. The summed E-state index contributed by atoms with van der Waals surface area (Å²) in [6.07, 6.45) is 97.1. The number of carboxylic acid groups (broad SMARTS) is 1. The van der Waals surface area contributed by atoms with Gasteiger partial charge in [-0.05, 0) is 96.3 Å². The molecule has 1 N–H and O–H groups in total.